The highest BCUT2D eigenvalue weighted by atomic mass is 16.3. The van der Waals surface area contributed by atoms with Crippen LogP contribution >= 0.6 is 0 Å². The van der Waals surface area contributed by atoms with Crippen LogP contribution in [0, 0.1) is 11.8 Å². The van der Waals surface area contributed by atoms with E-state index in [9.17, 15) is 5.11 Å². The summed E-state index contributed by atoms with van der Waals surface area (Å²) in [6.45, 7) is 9.28. The van der Waals surface area contributed by atoms with Gasteiger partial charge in [0.2, 0.25) is 0 Å². The van der Waals surface area contributed by atoms with Crippen molar-refractivity contribution in [2.75, 3.05) is 32.8 Å². The lowest BCUT2D eigenvalue weighted by atomic mass is 9.75. The molecule has 1 saturated carbocycles. The van der Waals surface area contributed by atoms with Gasteiger partial charge in [0.15, 0.2) is 0 Å². The summed E-state index contributed by atoms with van der Waals surface area (Å²) >= 11 is 0. The molecule has 2 fully saturated rings. The van der Waals surface area contributed by atoms with Gasteiger partial charge in [-0.05, 0) is 64.1 Å². The Morgan fingerprint density at radius 3 is 2.65 bits per heavy atom. The van der Waals surface area contributed by atoms with Gasteiger partial charge in [-0.25, -0.2) is 0 Å². The molecule has 0 aromatic rings. The van der Waals surface area contributed by atoms with Crippen LogP contribution in [0.5, 0.6) is 0 Å². The third-order valence-corrected chi connectivity index (χ3v) is 5.53. The fourth-order valence-electron chi connectivity index (χ4n) is 4.22. The van der Waals surface area contributed by atoms with Crippen molar-refractivity contribution in [3.8, 4) is 0 Å². The van der Waals surface area contributed by atoms with Crippen molar-refractivity contribution in [2.24, 2.45) is 11.8 Å². The third kappa shape index (κ3) is 4.44. The van der Waals surface area contributed by atoms with Crippen molar-refractivity contribution in [1.29, 1.82) is 0 Å². The summed E-state index contributed by atoms with van der Waals surface area (Å²) in [5.41, 5.74) is -0.0854. The van der Waals surface area contributed by atoms with Gasteiger partial charge in [0, 0.05) is 12.1 Å². The van der Waals surface area contributed by atoms with Crippen molar-refractivity contribution in [3.63, 3.8) is 0 Å². The Balaban J connectivity index is 1.69. The highest BCUT2D eigenvalue weighted by molar-refractivity contribution is 4.85. The van der Waals surface area contributed by atoms with Crippen LogP contribution in [0.15, 0.2) is 0 Å². The molecule has 0 radical (unpaired) electrons. The average Bonchev–Trinajstić information content (AvgIpc) is 2.47. The molecule has 3 heteroatoms. The van der Waals surface area contributed by atoms with Gasteiger partial charge < -0.3 is 15.3 Å². The van der Waals surface area contributed by atoms with Gasteiger partial charge in [0.25, 0.3) is 0 Å². The maximum Gasteiger partial charge on any atom is 0.0610 e. The summed E-state index contributed by atoms with van der Waals surface area (Å²) in [6.07, 6.45) is 9.57. The van der Waals surface area contributed by atoms with Crippen molar-refractivity contribution >= 4 is 0 Å². The predicted molar refractivity (Wildman–Crippen MR) is 84.9 cm³/mol. The van der Waals surface area contributed by atoms with E-state index in [1.807, 2.05) is 0 Å². The van der Waals surface area contributed by atoms with Crippen LogP contribution in [0.3, 0.4) is 0 Å². The molecule has 2 rings (SSSR count). The second-order valence-electron chi connectivity index (χ2n) is 7.25. The molecule has 2 N–H and O–H groups in total. The number of likely N-dealkylation sites (tertiary alicyclic amines) is 1. The van der Waals surface area contributed by atoms with E-state index in [0.717, 1.165) is 24.8 Å². The van der Waals surface area contributed by atoms with Gasteiger partial charge in [-0.15, -0.1) is 0 Å². The van der Waals surface area contributed by atoms with Crippen LogP contribution in [0.2, 0.25) is 0 Å². The van der Waals surface area contributed by atoms with E-state index < -0.39 is 0 Å². The van der Waals surface area contributed by atoms with Crippen LogP contribution in [0.1, 0.15) is 58.8 Å². The zero-order chi connectivity index (χ0) is 14.4. The topological polar surface area (TPSA) is 35.5 Å². The molecule has 3 unspecified atom stereocenters. The number of piperidine rings is 1. The van der Waals surface area contributed by atoms with Gasteiger partial charge in [-0.3, -0.25) is 0 Å². The fraction of sp³-hybridized carbons (Fsp3) is 1.00. The second kappa shape index (κ2) is 7.77. The summed E-state index contributed by atoms with van der Waals surface area (Å²) in [5, 5.41) is 13.0. The molecule has 20 heavy (non-hydrogen) atoms. The van der Waals surface area contributed by atoms with Gasteiger partial charge in [0.1, 0.15) is 0 Å². The largest absolute Gasteiger partial charge is 0.394 e. The number of fused-ring (bicyclic) bond motifs is 1. The lowest BCUT2D eigenvalue weighted by Gasteiger charge is -2.41. The molecule has 1 saturated heterocycles. The monoisotopic (exact) mass is 282 g/mol. The summed E-state index contributed by atoms with van der Waals surface area (Å²) in [7, 11) is 0. The Labute approximate surface area is 125 Å². The molecule has 118 valence electrons. The number of likely N-dealkylation sites (N-methyl/N-ethyl adjacent to an activating group) is 1. The first-order chi connectivity index (χ1) is 9.67. The molecule has 0 bridgehead atoms. The average molecular weight is 282 g/mol. The summed E-state index contributed by atoms with van der Waals surface area (Å²) in [4.78, 5) is 2.68. The second-order valence-corrected chi connectivity index (χ2v) is 7.25. The Kier molecular flexibility index (Phi) is 6.31. The van der Waals surface area contributed by atoms with Crippen molar-refractivity contribution in [2.45, 2.75) is 64.3 Å². The first-order valence-electron chi connectivity index (χ1n) is 8.75. The van der Waals surface area contributed by atoms with Crippen LogP contribution in [-0.2, 0) is 0 Å². The highest BCUT2D eigenvalue weighted by Crippen LogP contribution is 2.36. The van der Waals surface area contributed by atoms with Gasteiger partial charge in [-0.1, -0.05) is 26.2 Å². The smallest absolute Gasteiger partial charge is 0.0610 e. The number of aliphatic hydroxyl groups is 1. The lowest BCUT2D eigenvalue weighted by molar-refractivity contribution is 0.0816. The van der Waals surface area contributed by atoms with E-state index in [1.54, 1.807) is 0 Å². The molecule has 0 aromatic carbocycles. The molecule has 0 amide bonds. The molecule has 0 spiro atoms. The minimum Gasteiger partial charge on any atom is -0.394 e. The fourth-order valence-corrected chi connectivity index (χ4v) is 4.22. The zero-order valence-corrected chi connectivity index (χ0v) is 13.5. The van der Waals surface area contributed by atoms with Gasteiger partial charge in [0.05, 0.1) is 6.61 Å². The number of hydrogen-bond acceptors (Lipinski definition) is 3. The first kappa shape index (κ1) is 16.3. The van der Waals surface area contributed by atoms with E-state index in [2.05, 4.69) is 24.1 Å². The standard InChI is InChI=1S/C17H34N2O/c1-3-18-17(2,14-20)10-6-11-19-12-9-15-7-4-5-8-16(15)13-19/h15-16,18,20H,3-14H2,1-2H3. The maximum atomic E-state index is 9.53. The SMILES string of the molecule is CCNC(C)(CO)CCCN1CCC2CCCCC2C1. The Morgan fingerprint density at radius 1 is 1.20 bits per heavy atom. The summed E-state index contributed by atoms with van der Waals surface area (Å²) in [5.74, 6) is 2.01. The number of nitrogens with one attached hydrogen (secondary N) is 1. The number of nitrogens with zero attached hydrogens (tertiary/aromatic N) is 1. The molecular weight excluding hydrogens is 248 g/mol. The molecule has 0 aromatic heterocycles. The Bertz CT molecular complexity index is 284. The predicted octanol–water partition coefficient (Wildman–Crippen LogP) is 2.64. The minimum absolute atomic E-state index is 0.0854. The summed E-state index contributed by atoms with van der Waals surface area (Å²) in [6, 6.07) is 0. The molecule has 1 aliphatic carbocycles. The number of aliphatic hydroxyl groups excluding tert-OH is 1. The third-order valence-electron chi connectivity index (χ3n) is 5.53. The summed E-state index contributed by atoms with van der Waals surface area (Å²) < 4.78 is 0. The van der Waals surface area contributed by atoms with Crippen LogP contribution in [0.4, 0.5) is 0 Å². The van der Waals surface area contributed by atoms with E-state index in [4.69, 9.17) is 0 Å². The lowest BCUT2D eigenvalue weighted by Crippen LogP contribution is -2.47. The quantitative estimate of drug-likeness (QED) is 0.753. The normalized spacial score (nSPS) is 30.8. The van der Waals surface area contributed by atoms with Crippen LogP contribution in [-0.4, -0.2) is 48.3 Å². The molecule has 2 aliphatic rings. The van der Waals surface area contributed by atoms with Crippen molar-refractivity contribution < 1.29 is 5.11 Å². The first-order valence-corrected chi connectivity index (χ1v) is 8.75. The van der Waals surface area contributed by atoms with E-state index in [-0.39, 0.29) is 12.1 Å². The number of hydrogen-bond donors (Lipinski definition) is 2. The molecule has 1 aliphatic heterocycles. The van der Waals surface area contributed by atoms with Gasteiger partial charge >= 0.3 is 0 Å². The van der Waals surface area contributed by atoms with Crippen molar-refractivity contribution in [1.82, 2.24) is 10.2 Å². The van der Waals surface area contributed by atoms with Crippen molar-refractivity contribution in [3.05, 3.63) is 0 Å². The van der Waals surface area contributed by atoms with E-state index in [1.165, 1.54) is 58.2 Å². The van der Waals surface area contributed by atoms with E-state index >= 15 is 0 Å². The maximum absolute atomic E-state index is 9.53. The molecule has 1 heterocycles. The minimum atomic E-state index is -0.0854. The molecular formula is C17H34N2O. The molecule has 3 atom stereocenters. The van der Waals surface area contributed by atoms with Crippen LogP contribution in [0.25, 0.3) is 0 Å². The van der Waals surface area contributed by atoms with E-state index in [0.29, 0.717) is 0 Å². The Hall–Kier alpha value is -0.120. The highest BCUT2D eigenvalue weighted by Gasteiger charge is 2.31. The molecule has 3 nitrogen and oxygen atoms in total. The zero-order valence-electron chi connectivity index (χ0n) is 13.5. The number of rotatable bonds is 7. The van der Waals surface area contributed by atoms with Gasteiger partial charge in [-0.2, -0.15) is 0 Å². The Morgan fingerprint density at radius 2 is 1.95 bits per heavy atom. The van der Waals surface area contributed by atoms with Crippen LogP contribution < -0.4 is 5.32 Å².